The lowest BCUT2D eigenvalue weighted by Gasteiger charge is -2.38. The molecule has 9 heteroatoms. The number of phenolic OH excluding ortho intramolecular Hbond substituents is 1. The molecule has 1 unspecified atom stereocenters. The second-order valence-electron chi connectivity index (χ2n) is 13.6. The lowest BCUT2D eigenvalue weighted by atomic mass is 9.77. The van der Waals surface area contributed by atoms with Crippen molar-refractivity contribution in [1.82, 2.24) is 14.9 Å². The number of halogens is 2. The van der Waals surface area contributed by atoms with Crippen LogP contribution in [0.4, 0.5) is 14.6 Å². The zero-order chi connectivity index (χ0) is 29.9. The Morgan fingerprint density at radius 2 is 1.93 bits per heavy atom. The maximum atomic E-state index is 16.8. The van der Waals surface area contributed by atoms with E-state index in [0.29, 0.717) is 60.7 Å². The Kier molecular flexibility index (Phi) is 7.24. The van der Waals surface area contributed by atoms with E-state index < -0.39 is 17.6 Å². The number of aryl methyl sites for hydroxylation is 1. The van der Waals surface area contributed by atoms with Crippen LogP contribution in [0, 0.1) is 5.82 Å². The number of fused-ring (bicyclic) bond motifs is 3. The number of nitrogens with zero attached hydrogens (tertiary/aromatic N) is 4. The van der Waals surface area contributed by atoms with Gasteiger partial charge in [0.15, 0.2) is 5.82 Å². The summed E-state index contributed by atoms with van der Waals surface area (Å²) in [5, 5.41) is 22.1. The molecule has 3 aliphatic heterocycles. The van der Waals surface area contributed by atoms with Crippen LogP contribution in [-0.2, 0) is 6.42 Å². The Hall–Kier alpha value is -3.04. The van der Waals surface area contributed by atoms with Crippen molar-refractivity contribution in [3.05, 3.63) is 41.2 Å². The van der Waals surface area contributed by atoms with Crippen LogP contribution < -0.4 is 9.64 Å². The standard InChI is InChI=1S/C34H42F2N4O3/c1-3-21-7-4-8-22-15-24(41)16-27(28(21)22)25-9-10-26-30(29(25)36)37-32(38-31(26)39-13-5-11-33(2,42)19-39)43-20-34-12-6-14-40(34)18-23(35)17-34/h9-10,15-16,21,23,41-42H,3-8,11-14,17-20H2,1-2H3/t21?,23-,33-,34+/m1/s1. The number of phenols is 1. The Balaban J connectivity index is 1.34. The van der Waals surface area contributed by atoms with Crippen molar-refractivity contribution in [3.63, 3.8) is 0 Å². The number of β-amino-alcohol motifs (C(OH)–C–C–N with tert-alkyl or cyclic N) is 1. The first-order chi connectivity index (χ1) is 20.7. The molecule has 0 bridgehead atoms. The first-order valence-electron chi connectivity index (χ1n) is 16.0. The maximum absolute atomic E-state index is 16.8. The summed E-state index contributed by atoms with van der Waals surface area (Å²) in [6.45, 7) is 6.52. The zero-order valence-corrected chi connectivity index (χ0v) is 25.2. The average Bonchev–Trinajstić information content (AvgIpc) is 3.50. The number of anilines is 1. The number of rotatable bonds is 6. The first kappa shape index (κ1) is 28.7. The minimum atomic E-state index is -0.895. The van der Waals surface area contributed by atoms with Gasteiger partial charge in [-0.15, -0.1) is 0 Å². The fourth-order valence-corrected chi connectivity index (χ4v) is 8.39. The van der Waals surface area contributed by atoms with Crippen LogP contribution in [0.3, 0.4) is 0 Å². The SMILES string of the molecule is CCC1CCCc2cc(O)cc(-c3ccc4c(N5CCC[C@@](C)(O)C5)nc(OC[C@@]56CCCN5C[C@H](F)C6)nc4c3F)c21. The summed E-state index contributed by atoms with van der Waals surface area (Å²) in [6.07, 6.45) is 6.72. The van der Waals surface area contributed by atoms with E-state index in [9.17, 15) is 14.6 Å². The summed E-state index contributed by atoms with van der Waals surface area (Å²) >= 11 is 0. The first-order valence-corrected chi connectivity index (χ1v) is 16.0. The van der Waals surface area contributed by atoms with E-state index in [4.69, 9.17) is 9.72 Å². The summed E-state index contributed by atoms with van der Waals surface area (Å²) in [6, 6.07) is 7.21. The van der Waals surface area contributed by atoms with Gasteiger partial charge in [-0.25, -0.2) is 8.78 Å². The molecule has 3 fully saturated rings. The number of benzene rings is 2. The molecule has 4 atom stereocenters. The summed E-state index contributed by atoms with van der Waals surface area (Å²) in [5.74, 6) is 0.485. The van der Waals surface area contributed by atoms with Gasteiger partial charge in [0.25, 0.3) is 0 Å². The van der Waals surface area contributed by atoms with Crippen LogP contribution in [-0.4, -0.2) is 75.2 Å². The molecule has 0 saturated carbocycles. The molecule has 0 spiro atoms. The smallest absolute Gasteiger partial charge is 0.319 e. The van der Waals surface area contributed by atoms with Gasteiger partial charge in [0.05, 0.1) is 11.1 Å². The zero-order valence-electron chi connectivity index (χ0n) is 25.2. The van der Waals surface area contributed by atoms with Gasteiger partial charge in [0.1, 0.15) is 29.9 Å². The van der Waals surface area contributed by atoms with Gasteiger partial charge in [-0.3, -0.25) is 4.90 Å². The molecule has 1 aromatic heterocycles. The van der Waals surface area contributed by atoms with Gasteiger partial charge in [-0.05, 0) is 106 Å². The van der Waals surface area contributed by atoms with E-state index in [1.54, 1.807) is 12.1 Å². The third-order valence-corrected chi connectivity index (χ3v) is 10.4. The largest absolute Gasteiger partial charge is 0.508 e. The van der Waals surface area contributed by atoms with E-state index in [1.807, 2.05) is 24.0 Å². The molecule has 4 heterocycles. The predicted octanol–water partition coefficient (Wildman–Crippen LogP) is 6.28. The molecule has 43 heavy (non-hydrogen) atoms. The molecule has 0 amide bonds. The number of hydrogen-bond acceptors (Lipinski definition) is 7. The summed E-state index contributed by atoms with van der Waals surface area (Å²) in [4.78, 5) is 13.6. The highest BCUT2D eigenvalue weighted by Crippen LogP contribution is 2.45. The van der Waals surface area contributed by atoms with Crippen molar-refractivity contribution in [2.75, 3.05) is 37.7 Å². The van der Waals surface area contributed by atoms with Crippen molar-refractivity contribution in [2.24, 2.45) is 0 Å². The monoisotopic (exact) mass is 592 g/mol. The number of hydrogen-bond donors (Lipinski definition) is 2. The highest BCUT2D eigenvalue weighted by atomic mass is 19.1. The van der Waals surface area contributed by atoms with Gasteiger partial charge in [0.2, 0.25) is 0 Å². The number of aliphatic hydroxyl groups is 1. The molecule has 7 rings (SSSR count). The number of piperidine rings is 1. The van der Waals surface area contributed by atoms with Gasteiger partial charge < -0.3 is 19.8 Å². The Bertz CT molecular complexity index is 1550. The Morgan fingerprint density at radius 3 is 2.74 bits per heavy atom. The van der Waals surface area contributed by atoms with Crippen LogP contribution in [0.15, 0.2) is 24.3 Å². The maximum Gasteiger partial charge on any atom is 0.319 e. The highest BCUT2D eigenvalue weighted by Gasteiger charge is 2.49. The van der Waals surface area contributed by atoms with Crippen LogP contribution in [0.2, 0.25) is 0 Å². The summed E-state index contributed by atoms with van der Waals surface area (Å²) in [5.41, 5.74) is 2.18. The number of alkyl halides is 1. The quantitative estimate of drug-likeness (QED) is 0.349. The van der Waals surface area contributed by atoms with Crippen molar-refractivity contribution in [1.29, 1.82) is 0 Å². The normalized spacial score (nSPS) is 29.2. The number of aromatic nitrogens is 2. The molecule has 7 nitrogen and oxygen atoms in total. The lowest BCUT2D eigenvalue weighted by molar-refractivity contribution is 0.0447. The van der Waals surface area contributed by atoms with E-state index in [2.05, 4.69) is 16.8 Å². The molecule has 3 saturated heterocycles. The molecule has 2 aromatic carbocycles. The van der Waals surface area contributed by atoms with Gasteiger partial charge >= 0.3 is 6.01 Å². The van der Waals surface area contributed by atoms with Crippen LogP contribution in [0.1, 0.15) is 82.3 Å². The summed E-state index contributed by atoms with van der Waals surface area (Å²) in [7, 11) is 0. The third kappa shape index (κ3) is 5.12. The fourth-order valence-electron chi connectivity index (χ4n) is 8.39. The minimum Gasteiger partial charge on any atom is -0.508 e. The van der Waals surface area contributed by atoms with Crippen molar-refractivity contribution in [3.8, 4) is 22.9 Å². The molecular weight excluding hydrogens is 550 g/mol. The van der Waals surface area contributed by atoms with E-state index in [0.717, 1.165) is 62.6 Å². The molecule has 230 valence electrons. The molecule has 0 radical (unpaired) electrons. The number of ether oxygens (including phenoxy) is 1. The van der Waals surface area contributed by atoms with E-state index in [-0.39, 0.29) is 29.4 Å². The van der Waals surface area contributed by atoms with E-state index in [1.165, 1.54) is 0 Å². The second-order valence-corrected chi connectivity index (χ2v) is 13.6. The average molecular weight is 593 g/mol. The highest BCUT2D eigenvalue weighted by molar-refractivity contribution is 5.94. The molecule has 1 aliphatic carbocycles. The predicted molar refractivity (Wildman–Crippen MR) is 163 cm³/mol. The minimum absolute atomic E-state index is 0.0664. The Morgan fingerprint density at radius 1 is 1.09 bits per heavy atom. The summed E-state index contributed by atoms with van der Waals surface area (Å²) < 4.78 is 37.5. The second kappa shape index (κ2) is 10.8. The molecule has 3 aromatic rings. The Labute approximate surface area is 251 Å². The van der Waals surface area contributed by atoms with Gasteiger partial charge in [0, 0.05) is 37.0 Å². The third-order valence-electron chi connectivity index (χ3n) is 10.4. The van der Waals surface area contributed by atoms with Crippen molar-refractivity contribution >= 4 is 16.7 Å². The fraction of sp³-hybridized carbons (Fsp3) is 0.588. The van der Waals surface area contributed by atoms with Gasteiger partial charge in [-0.2, -0.15) is 9.97 Å². The lowest BCUT2D eigenvalue weighted by Crippen LogP contribution is -2.46. The van der Waals surface area contributed by atoms with Crippen LogP contribution in [0.5, 0.6) is 11.8 Å². The van der Waals surface area contributed by atoms with E-state index >= 15 is 4.39 Å². The van der Waals surface area contributed by atoms with Crippen molar-refractivity contribution < 1.29 is 23.7 Å². The van der Waals surface area contributed by atoms with Crippen molar-refractivity contribution in [2.45, 2.75) is 94.9 Å². The molecule has 2 N–H and O–H groups in total. The number of aromatic hydroxyl groups is 1. The topological polar surface area (TPSA) is 82.0 Å². The van der Waals surface area contributed by atoms with Crippen LogP contribution in [0.25, 0.3) is 22.0 Å². The molecular formula is C34H42F2N4O3. The van der Waals surface area contributed by atoms with Gasteiger partial charge in [-0.1, -0.05) is 13.0 Å². The van der Waals surface area contributed by atoms with Crippen LogP contribution >= 0.6 is 0 Å². The molecule has 4 aliphatic rings.